The van der Waals surface area contributed by atoms with Gasteiger partial charge in [0.15, 0.2) is 5.49 Å². The molecule has 1 heterocycles. The van der Waals surface area contributed by atoms with E-state index in [1.165, 1.54) is 28.7 Å². The van der Waals surface area contributed by atoms with Gasteiger partial charge in [-0.3, -0.25) is 4.79 Å². The molecule has 1 amide bonds. The molecule has 1 fully saturated rings. The summed E-state index contributed by atoms with van der Waals surface area (Å²) < 4.78 is 2.22. The normalized spacial score (nSPS) is 14.9. The quantitative estimate of drug-likeness (QED) is 0.538. The molecule has 3 aromatic rings. The van der Waals surface area contributed by atoms with Gasteiger partial charge in [-0.05, 0) is 87.3 Å². The number of nitrogens with one attached hydrogen (secondary N) is 1. The van der Waals surface area contributed by atoms with Crippen LogP contribution in [0, 0.1) is 13.8 Å². The standard InChI is InChI=1S/C27H32N4O/c1-18-15-23-24(16-19(18)2)31(20(3)13-14-21-9-6-5-7-10-21)27(29-17-32)26(30-23)25(28-4)22-11-8-12-22/h5-7,9-10,15-17,20,28H,8,11-14H2,1-4H3. The number of aromatic nitrogens is 2. The molecule has 5 heteroatoms. The van der Waals surface area contributed by atoms with Crippen molar-refractivity contribution in [1.29, 1.82) is 0 Å². The zero-order valence-electron chi connectivity index (χ0n) is 19.5. The van der Waals surface area contributed by atoms with E-state index in [1.54, 1.807) is 0 Å². The van der Waals surface area contributed by atoms with Crippen LogP contribution in [-0.2, 0) is 11.2 Å². The molecule has 1 saturated carbocycles. The van der Waals surface area contributed by atoms with Crippen molar-refractivity contribution >= 4 is 23.1 Å². The van der Waals surface area contributed by atoms with Crippen LogP contribution in [0.15, 0.2) is 53.0 Å². The highest BCUT2D eigenvalue weighted by Gasteiger charge is 2.22. The van der Waals surface area contributed by atoms with Crippen LogP contribution in [0.2, 0.25) is 0 Å². The SMILES string of the molecule is CNC(=C1CCC1)c1nc2cc(C)c(C)cc2n(C(C)CCc2ccccc2)c1=NC=O. The molecule has 32 heavy (non-hydrogen) atoms. The van der Waals surface area contributed by atoms with Gasteiger partial charge in [0.2, 0.25) is 6.41 Å². The lowest BCUT2D eigenvalue weighted by Crippen LogP contribution is -2.32. The highest BCUT2D eigenvalue weighted by atomic mass is 16.1. The maximum atomic E-state index is 11.7. The number of hydrogen-bond acceptors (Lipinski definition) is 3. The summed E-state index contributed by atoms with van der Waals surface area (Å²) in [5, 5.41) is 3.36. The summed E-state index contributed by atoms with van der Waals surface area (Å²) in [5.74, 6) is 0. The summed E-state index contributed by atoms with van der Waals surface area (Å²) in [6.07, 6.45) is 5.86. The maximum absolute atomic E-state index is 11.7. The highest BCUT2D eigenvalue weighted by molar-refractivity contribution is 5.80. The number of carbonyl (C=O) groups is 1. The molecule has 0 aliphatic heterocycles. The molecule has 5 nitrogen and oxygen atoms in total. The van der Waals surface area contributed by atoms with Crippen molar-refractivity contribution in [3.8, 4) is 0 Å². The summed E-state index contributed by atoms with van der Waals surface area (Å²) in [4.78, 5) is 21.0. The Bertz CT molecular complexity index is 1230. The maximum Gasteiger partial charge on any atom is 0.234 e. The number of nitrogens with zero attached hydrogens (tertiary/aromatic N) is 3. The zero-order chi connectivity index (χ0) is 22.7. The van der Waals surface area contributed by atoms with E-state index in [-0.39, 0.29) is 6.04 Å². The van der Waals surface area contributed by atoms with E-state index in [2.05, 4.69) is 72.0 Å². The monoisotopic (exact) mass is 428 g/mol. The number of benzene rings is 2. The van der Waals surface area contributed by atoms with Crippen molar-refractivity contribution in [2.24, 2.45) is 4.99 Å². The third-order valence-corrected chi connectivity index (χ3v) is 6.63. The molecular formula is C27H32N4O. The lowest BCUT2D eigenvalue weighted by molar-refractivity contribution is -0.107. The molecule has 1 aromatic heterocycles. The van der Waals surface area contributed by atoms with Gasteiger partial charge in [-0.25, -0.2) is 4.98 Å². The molecule has 0 bridgehead atoms. The van der Waals surface area contributed by atoms with Gasteiger partial charge in [0.1, 0.15) is 5.69 Å². The number of carbonyl (C=O) groups excluding carboxylic acids is 1. The average molecular weight is 429 g/mol. The summed E-state index contributed by atoms with van der Waals surface area (Å²) in [6, 6.07) is 15.0. The van der Waals surface area contributed by atoms with Crippen LogP contribution in [0.4, 0.5) is 0 Å². The van der Waals surface area contributed by atoms with Gasteiger partial charge in [0.25, 0.3) is 0 Å². The van der Waals surface area contributed by atoms with Gasteiger partial charge in [0, 0.05) is 13.1 Å². The first kappa shape index (κ1) is 22.0. The largest absolute Gasteiger partial charge is 0.386 e. The van der Waals surface area contributed by atoms with Crippen LogP contribution >= 0.6 is 0 Å². The molecule has 1 atom stereocenters. The first-order valence-corrected chi connectivity index (χ1v) is 11.5. The summed E-state index contributed by atoms with van der Waals surface area (Å²) in [5.41, 5.74) is 9.47. The Morgan fingerprint density at radius 2 is 1.91 bits per heavy atom. The number of allylic oxidation sites excluding steroid dienone is 1. The Morgan fingerprint density at radius 3 is 2.53 bits per heavy atom. The molecule has 4 rings (SSSR count). The van der Waals surface area contributed by atoms with Crippen LogP contribution in [-0.4, -0.2) is 23.0 Å². The molecule has 1 aliphatic rings. The molecule has 0 radical (unpaired) electrons. The van der Waals surface area contributed by atoms with Crippen molar-refractivity contribution in [3.63, 3.8) is 0 Å². The van der Waals surface area contributed by atoms with Crippen molar-refractivity contribution in [2.45, 2.75) is 58.9 Å². The van der Waals surface area contributed by atoms with E-state index in [9.17, 15) is 4.79 Å². The second-order valence-corrected chi connectivity index (χ2v) is 8.77. The molecule has 1 aliphatic carbocycles. The number of hydrogen-bond donors (Lipinski definition) is 1. The third-order valence-electron chi connectivity index (χ3n) is 6.63. The molecule has 1 N–H and O–H groups in total. The van der Waals surface area contributed by atoms with Crippen LogP contribution in [0.25, 0.3) is 16.7 Å². The summed E-state index contributed by atoms with van der Waals surface area (Å²) >= 11 is 0. The van der Waals surface area contributed by atoms with Crippen molar-refractivity contribution in [3.05, 3.63) is 75.9 Å². The minimum atomic E-state index is 0.143. The van der Waals surface area contributed by atoms with Crippen LogP contribution in [0.3, 0.4) is 0 Å². The summed E-state index contributed by atoms with van der Waals surface area (Å²) in [6.45, 7) is 6.45. The Hall–Kier alpha value is -3.21. The third kappa shape index (κ3) is 4.24. The predicted molar refractivity (Wildman–Crippen MR) is 130 cm³/mol. The van der Waals surface area contributed by atoms with Gasteiger partial charge < -0.3 is 9.88 Å². The zero-order valence-corrected chi connectivity index (χ0v) is 19.5. The Labute approximate surface area is 189 Å². The molecule has 0 saturated heterocycles. The van der Waals surface area contributed by atoms with Crippen LogP contribution in [0.1, 0.15) is 61.0 Å². The number of rotatable bonds is 7. The predicted octanol–water partition coefficient (Wildman–Crippen LogP) is 5.02. The van der Waals surface area contributed by atoms with Gasteiger partial charge in [-0.1, -0.05) is 30.3 Å². The first-order chi connectivity index (χ1) is 15.5. The Balaban J connectivity index is 1.93. The molecule has 166 valence electrons. The van der Waals surface area contributed by atoms with E-state index in [0.717, 1.165) is 48.1 Å². The van der Waals surface area contributed by atoms with Gasteiger partial charge in [0.05, 0.1) is 16.7 Å². The van der Waals surface area contributed by atoms with Crippen molar-refractivity contribution in [1.82, 2.24) is 14.9 Å². The van der Waals surface area contributed by atoms with Crippen LogP contribution in [0.5, 0.6) is 0 Å². The Kier molecular flexibility index (Phi) is 6.54. The van der Waals surface area contributed by atoms with Gasteiger partial charge >= 0.3 is 0 Å². The van der Waals surface area contributed by atoms with E-state index >= 15 is 0 Å². The first-order valence-electron chi connectivity index (χ1n) is 11.5. The lowest BCUT2D eigenvalue weighted by Gasteiger charge is -2.25. The number of fused-ring (bicyclic) bond motifs is 1. The van der Waals surface area contributed by atoms with Gasteiger partial charge in [-0.2, -0.15) is 4.99 Å². The smallest absolute Gasteiger partial charge is 0.234 e. The highest BCUT2D eigenvalue weighted by Crippen LogP contribution is 2.31. The minimum absolute atomic E-state index is 0.143. The number of aryl methyl sites for hydroxylation is 3. The van der Waals surface area contributed by atoms with Crippen molar-refractivity contribution < 1.29 is 4.79 Å². The molecule has 1 unspecified atom stereocenters. The van der Waals surface area contributed by atoms with Crippen LogP contribution < -0.4 is 10.8 Å². The number of amides is 1. The van der Waals surface area contributed by atoms with Crippen molar-refractivity contribution in [2.75, 3.05) is 7.05 Å². The second kappa shape index (κ2) is 9.51. The fraction of sp³-hybridized carbons (Fsp3) is 0.370. The van der Waals surface area contributed by atoms with E-state index < -0.39 is 0 Å². The molecule has 2 aromatic carbocycles. The minimum Gasteiger partial charge on any atom is -0.386 e. The topological polar surface area (TPSA) is 59.3 Å². The molecule has 0 spiro atoms. The Morgan fingerprint density at radius 1 is 1.19 bits per heavy atom. The van der Waals surface area contributed by atoms with E-state index in [0.29, 0.717) is 11.9 Å². The second-order valence-electron chi connectivity index (χ2n) is 8.77. The summed E-state index contributed by atoms with van der Waals surface area (Å²) in [7, 11) is 1.93. The van der Waals surface area contributed by atoms with Gasteiger partial charge in [-0.15, -0.1) is 0 Å². The fourth-order valence-electron chi connectivity index (χ4n) is 4.47. The lowest BCUT2D eigenvalue weighted by atomic mass is 9.89. The average Bonchev–Trinajstić information content (AvgIpc) is 2.76. The van der Waals surface area contributed by atoms with E-state index in [1.807, 2.05) is 13.1 Å². The van der Waals surface area contributed by atoms with E-state index in [4.69, 9.17) is 4.98 Å². The molecular weight excluding hydrogens is 396 g/mol. The fourth-order valence-corrected chi connectivity index (χ4v) is 4.47.